The third kappa shape index (κ3) is 3.06. The van der Waals surface area contributed by atoms with E-state index in [9.17, 15) is 9.59 Å². The van der Waals surface area contributed by atoms with E-state index in [2.05, 4.69) is 5.32 Å². The van der Waals surface area contributed by atoms with E-state index in [-0.39, 0.29) is 12.6 Å². The van der Waals surface area contributed by atoms with Crippen molar-refractivity contribution >= 4 is 12.0 Å². The summed E-state index contributed by atoms with van der Waals surface area (Å²) in [6, 6.07) is 0.333. The molecular formula is C14H22N2O4. The number of nitrogens with zero attached hydrogens (tertiary/aromatic N) is 1. The number of hydrogen-bond acceptors (Lipinski definition) is 3. The van der Waals surface area contributed by atoms with Crippen molar-refractivity contribution in [3.05, 3.63) is 0 Å². The van der Waals surface area contributed by atoms with E-state index in [1.54, 1.807) is 4.90 Å². The summed E-state index contributed by atoms with van der Waals surface area (Å²) in [5, 5.41) is 11.8. The van der Waals surface area contributed by atoms with E-state index in [4.69, 9.17) is 9.84 Å². The molecular weight excluding hydrogens is 260 g/mol. The maximum atomic E-state index is 12.2. The molecule has 6 nitrogen and oxygen atoms in total. The first-order chi connectivity index (χ1) is 9.47. The van der Waals surface area contributed by atoms with Crippen LogP contribution in [0.3, 0.4) is 0 Å². The zero-order valence-corrected chi connectivity index (χ0v) is 11.8. The van der Waals surface area contributed by atoms with Crippen LogP contribution in [0.2, 0.25) is 0 Å². The first-order valence-corrected chi connectivity index (χ1v) is 7.38. The summed E-state index contributed by atoms with van der Waals surface area (Å²) < 4.78 is 5.31. The Kier molecular flexibility index (Phi) is 3.36. The van der Waals surface area contributed by atoms with E-state index in [0.717, 1.165) is 0 Å². The largest absolute Gasteiger partial charge is 0.480 e. The normalized spacial score (nSPS) is 24.4. The lowest BCUT2D eigenvalue weighted by Crippen LogP contribution is -2.66. The number of carbonyl (C=O) groups excluding carboxylic acids is 1. The molecule has 0 radical (unpaired) electrons. The Labute approximate surface area is 118 Å². The fourth-order valence-corrected chi connectivity index (χ4v) is 3.00. The average molecular weight is 282 g/mol. The fourth-order valence-electron chi connectivity index (χ4n) is 3.00. The molecule has 112 valence electrons. The minimum Gasteiger partial charge on any atom is -0.480 e. The highest BCUT2D eigenvalue weighted by atomic mass is 16.5. The summed E-state index contributed by atoms with van der Waals surface area (Å²) >= 11 is 0. The van der Waals surface area contributed by atoms with Crippen LogP contribution in [0, 0.1) is 11.8 Å². The van der Waals surface area contributed by atoms with Gasteiger partial charge < -0.3 is 20.1 Å². The van der Waals surface area contributed by atoms with Gasteiger partial charge in [-0.05, 0) is 44.4 Å². The van der Waals surface area contributed by atoms with Crippen LogP contribution in [0.4, 0.5) is 4.79 Å². The van der Waals surface area contributed by atoms with Gasteiger partial charge in [0.1, 0.15) is 12.2 Å². The first kappa shape index (κ1) is 13.7. The van der Waals surface area contributed by atoms with E-state index < -0.39 is 11.6 Å². The number of amides is 2. The lowest BCUT2D eigenvalue weighted by molar-refractivity contribution is -0.159. The Balaban J connectivity index is 1.44. The van der Waals surface area contributed by atoms with Crippen LogP contribution in [0.25, 0.3) is 0 Å². The van der Waals surface area contributed by atoms with Crippen molar-refractivity contribution in [3.8, 4) is 0 Å². The summed E-state index contributed by atoms with van der Waals surface area (Å²) in [6.45, 7) is 2.47. The van der Waals surface area contributed by atoms with Crippen molar-refractivity contribution in [1.82, 2.24) is 10.2 Å². The van der Waals surface area contributed by atoms with E-state index in [1.807, 2.05) is 6.92 Å². The van der Waals surface area contributed by atoms with Gasteiger partial charge in [-0.2, -0.15) is 0 Å². The van der Waals surface area contributed by atoms with Gasteiger partial charge in [0.2, 0.25) is 0 Å². The van der Waals surface area contributed by atoms with Gasteiger partial charge in [-0.15, -0.1) is 0 Å². The number of carboxylic acid groups (broad SMARTS) is 1. The van der Waals surface area contributed by atoms with Crippen LogP contribution in [0.1, 0.15) is 32.6 Å². The van der Waals surface area contributed by atoms with Gasteiger partial charge in [0.05, 0.1) is 13.1 Å². The number of likely N-dealkylation sites (tertiary alicyclic amines) is 1. The molecule has 2 N–H and O–H groups in total. The Bertz CT molecular complexity index is 399. The molecule has 2 aliphatic carbocycles. The highest BCUT2D eigenvalue weighted by Gasteiger charge is 2.46. The maximum absolute atomic E-state index is 12.2. The monoisotopic (exact) mass is 282 g/mol. The van der Waals surface area contributed by atoms with Crippen molar-refractivity contribution in [3.63, 3.8) is 0 Å². The molecule has 3 aliphatic rings. The quantitative estimate of drug-likeness (QED) is 0.763. The standard InChI is InChI=1S/C14H22N2O4/c1-14(20-6-11(17)18)7-16(8-14)13(19)15-12(9-2-3-9)10-4-5-10/h9-10,12H,2-8H2,1H3,(H,15,19)(H,17,18). The third-order valence-corrected chi connectivity index (χ3v) is 4.43. The van der Waals surface area contributed by atoms with Crippen LogP contribution in [0.5, 0.6) is 0 Å². The van der Waals surface area contributed by atoms with E-state index >= 15 is 0 Å². The molecule has 0 aromatic heterocycles. The number of nitrogens with one attached hydrogen (secondary N) is 1. The highest BCUT2D eigenvalue weighted by molar-refractivity contribution is 5.76. The Morgan fingerprint density at radius 3 is 2.30 bits per heavy atom. The Morgan fingerprint density at radius 1 is 1.30 bits per heavy atom. The molecule has 0 spiro atoms. The average Bonchev–Trinajstić information content (AvgIpc) is 3.22. The predicted molar refractivity (Wildman–Crippen MR) is 71.3 cm³/mol. The zero-order valence-electron chi connectivity index (χ0n) is 11.8. The zero-order chi connectivity index (χ0) is 14.3. The second-order valence-electron chi connectivity index (χ2n) is 6.64. The molecule has 2 saturated carbocycles. The van der Waals surface area contributed by atoms with Crippen LogP contribution >= 0.6 is 0 Å². The maximum Gasteiger partial charge on any atom is 0.329 e. The number of ether oxygens (including phenoxy) is 1. The minimum absolute atomic E-state index is 0.0230. The predicted octanol–water partition coefficient (Wildman–Crippen LogP) is 1.06. The number of carbonyl (C=O) groups is 2. The molecule has 0 aromatic rings. The van der Waals surface area contributed by atoms with Gasteiger partial charge in [0.25, 0.3) is 0 Å². The molecule has 1 aliphatic heterocycles. The molecule has 0 atom stereocenters. The molecule has 3 rings (SSSR count). The van der Waals surface area contributed by atoms with Crippen LogP contribution in [-0.2, 0) is 9.53 Å². The minimum atomic E-state index is -0.975. The second-order valence-corrected chi connectivity index (χ2v) is 6.64. The van der Waals surface area contributed by atoms with Gasteiger partial charge in [0, 0.05) is 6.04 Å². The molecule has 20 heavy (non-hydrogen) atoms. The topological polar surface area (TPSA) is 78.9 Å². The van der Waals surface area contributed by atoms with E-state index in [0.29, 0.717) is 31.0 Å². The van der Waals surface area contributed by atoms with Crippen molar-refractivity contribution in [1.29, 1.82) is 0 Å². The van der Waals surface area contributed by atoms with Crippen molar-refractivity contribution in [2.45, 2.75) is 44.2 Å². The van der Waals surface area contributed by atoms with Crippen molar-refractivity contribution < 1.29 is 19.4 Å². The van der Waals surface area contributed by atoms with Gasteiger partial charge in [-0.1, -0.05) is 0 Å². The van der Waals surface area contributed by atoms with Crippen molar-refractivity contribution in [2.24, 2.45) is 11.8 Å². The summed E-state index contributed by atoms with van der Waals surface area (Å²) in [7, 11) is 0. The van der Waals surface area contributed by atoms with Crippen LogP contribution in [-0.4, -0.2) is 53.3 Å². The molecule has 0 aromatic carbocycles. The lowest BCUT2D eigenvalue weighted by atomic mass is 9.97. The molecule has 0 unspecified atom stereocenters. The summed E-state index contributed by atoms with van der Waals surface area (Å²) in [4.78, 5) is 24.4. The number of urea groups is 1. The van der Waals surface area contributed by atoms with Crippen LogP contribution in [0.15, 0.2) is 0 Å². The van der Waals surface area contributed by atoms with Gasteiger partial charge in [0.15, 0.2) is 0 Å². The van der Waals surface area contributed by atoms with Gasteiger partial charge >= 0.3 is 12.0 Å². The summed E-state index contributed by atoms with van der Waals surface area (Å²) in [5.74, 6) is 0.390. The Hall–Kier alpha value is -1.30. The number of carboxylic acids is 1. The number of aliphatic carboxylic acids is 1. The lowest BCUT2D eigenvalue weighted by Gasteiger charge is -2.47. The number of rotatable bonds is 6. The summed E-state index contributed by atoms with van der Waals surface area (Å²) in [5.41, 5.74) is -0.510. The molecule has 6 heteroatoms. The molecule has 2 amide bonds. The molecule has 1 saturated heterocycles. The summed E-state index contributed by atoms with van der Waals surface area (Å²) in [6.07, 6.45) is 4.95. The molecule has 3 fully saturated rings. The van der Waals surface area contributed by atoms with Gasteiger partial charge in [-0.25, -0.2) is 9.59 Å². The SMILES string of the molecule is CC1(OCC(=O)O)CN(C(=O)NC(C2CC2)C2CC2)C1. The fraction of sp³-hybridized carbons (Fsp3) is 0.857. The van der Waals surface area contributed by atoms with E-state index in [1.165, 1.54) is 25.7 Å². The van der Waals surface area contributed by atoms with Crippen molar-refractivity contribution in [2.75, 3.05) is 19.7 Å². The van der Waals surface area contributed by atoms with Gasteiger partial charge in [-0.3, -0.25) is 0 Å². The third-order valence-electron chi connectivity index (χ3n) is 4.43. The Morgan fingerprint density at radius 2 is 1.85 bits per heavy atom. The molecule has 1 heterocycles. The van der Waals surface area contributed by atoms with Crippen LogP contribution < -0.4 is 5.32 Å². The second kappa shape index (κ2) is 4.91. The number of hydrogen-bond donors (Lipinski definition) is 2. The first-order valence-electron chi connectivity index (χ1n) is 7.38. The smallest absolute Gasteiger partial charge is 0.329 e. The molecule has 0 bridgehead atoms. The highest BCUT2D eigenvalue weighted by Crippen LogP contribution is 2.44.